The van der Waals surface area contributed by atoms with Crippen molar-refractivity contribution in [3.8, 4) is 5.75 Å². The number of hydrogen-bond acceptors (Lipinski definition) is 3. The van der Waals surface area contributed by atoms with Crippen LogP contribution in [0.5, 0.6) is 5.75 Å². The topological polar surface area (TPSA) is 60.4 Å². The Morgan fingerprint density at radius 1 is 1.15 bits per heavy atom. The van der Waals surface area contributed by atoms with E-state index in [4.69, 9.17) is 0 Å². The van der Waals surface area contributed by atoms with Gasteiger partial charge in [-0.05, 0) is 59.6 Å². The van der Waals surface area contributed by atoms with Gasteiger partial charge in [-0.15, -0.1) is 0 Å². The summed E-state index contributed by atoms with van der Waals surface area (Å²) in [6, 6.07) is 13.2. The fourth-order valence-corrected chi connectivity index (χ4v) is 3.03. The molecule has 3 rings (SSSR count). The van der Waals surface area contributed by atoms with Crippen molar-refractivity contribution in [2.24, 2.45) is 0 Å². The Labute approximate surface area is 117 Å². The third-order valence-electron chi connectivity index (χ3n) is 3.95. The van der Waals surface area contributed by atoms with E-state index in [-0.39, 0.29) is 18.1 Å². The lowest BCUT2D eigenvalue weighted by atomic mass is 9.89. The van der Waals surface area contributed by atoms with Crippen LogP contribution in [0.25, 0.3) is 0 Å². The van der Waals surface area contributed by atoms with E-state index in [1.54, 1.807) is 12.1 Å². The Bertz CT molecular complexity index is 661. The highest BCUT2D eigenvalue weighted by molar-refractivity contribution is 5.66. The van der Waals surface area contributed by atoms with Crippen LogP contribution < -0.4 is 5.11 Å². The molecule has 1 aliphatic rings. The van der Waals surface area contributed by atoms with Crippen molar-refractivity contribution < 1.29 is 15.0 Å². The van der Waals surface area contributed by atoms with Crippen LogP contribution in [0.15, 0.2) is 42.5 Å². The molecule has 0 heterocycles. The first kappa shape index (κ1) is 12.7. The van der Waals surface area contributed by atoms with E-state index in [0.29, 0.717) is 6.42 Å². The maximum atomic E-state index is 11.0. The summed E-state index contributed by atoms with van der Waals surface area (Å²) in [6.45, 7) is 0. The molecule has 3 nitrogen and oxygen atoms in total. The smallest absolute Gasteiger partial charge is 0.115 e. The van der Waals surface area contributed by atoms with Crippen LogP contribution in [-0.4, -0.2) is 11.1 Å². The summed E-state index contributed by atoms with van der Waals surface area (Å²) in [4.78, 5) is 11.0. The zero-order chi connectivity index (χ0) is 14.1. The lowest BCUT2D eigenvalue weighted by Crippen LogP contribution is -2.25. The highest BCUT2D eigenvalue weighted by Gasteiger charge is 2.22. The molecule has 2 aromatic carbocycles. The molecule has 1 atom stereocenters. The third-order valence-corrected chi connectivity index (χ3v) is 3.95. The highest BCUT2D eigenvalue weighted by Crippen LogP contribution is 2.34. The van der Waals surface area contributed by atoms with Crippen LogP contribution in [0.3, 0.4) is 0 Å². The maximum absolute atomic E-state index is 11.0. The van der Waals surface area contributed by atoms with E-state index >= 15 is 0 Å². The first-order valence-electron chi connectivity index (χ1n) is 6.72. The number of carbonyl (C=O) groups is 1. The normalized spacial score (nSPS) is 16.9. The molecule has 0 bridgehead atoms. The van der Waals surface area contributed by atoms with Gasteiger partial charge in [0.05, 0.1) is 0 Å². The van der Waals surface area contributed by atoms with E-state index in [9.17, 15) is 15.0 Å². The second-order valence-electron chi connectivity index (χ2n) is 5.31. The Hall–Kier alpha value is -2.29. The molecular formula is C17H15O3-. The van der Waals surface area contributed by atoms with E-state index in [1.165, 1.54) is 0 Å². The van der Waals surface area contributed by atoms with Gasteiger partial charge in [-0.3, -0.25) is 0 Å². The number of phenolic OH excluding ortho intramolecular Hbond substituents is 1. The lowest BCUT2D eigenvalue weighted by molar-refractivity contribution is -0.306. The Morgan fingerprint density at radius 2 is 1.95 bits per heavy atom. The van der Waals surface area contributed by atoms with Crippen LogP contribution in [0.2, 0.25) is 0 Å². The van der Waals surface area contributed by atoms with E-state index in [0.717, 1.165) is 28.7 Å². The predicted octanol–water partition coefficient (Wildman–Crippen LogP) is 1.76. The van der Waals surface area contributed by atoms with Crippen molar-refractivity contribution in [2.75, 3.05) is 0 Å². The van der Waals surface area contributed by atoms with Gasteiger partial charge < -0.3 is 15.0 Å². The van der Waals surface area contributed by atoms with E-state index in [2.05, 4.69) is 0 Å². The number of aliphatic carboxylic acids is 1. The highest BCUT2D eigenvalue weighted by atomic mass is 16.4. The summed E-state index contributed by atoms with van der Waals surface area (Å²) in [5.74, 6) is -0.839. The van der Waals surface area contributed by atoms with Gasteiger partial charge in [0.1, 0.15) is 5.75 Å². The molecule has 1 aliphatic carbocycles. The molecule has 2 aromatic rings. The molecule has 0 saturated heterocycles. The maximum Gasteiger partial charge on any atom is 0.115 e. The third kappa shape index (κ3) is 2.39. The van der Waals surface area contributed by atoms with Crippen LogP contribution in [0, 0.1) is 0 Å². The molecule has 0 saturated carbocycles. The zero-order valence-electron chi connectivity index (χ0n) is 11.0. The van der Waals surface area contributed by atoms with Gasteiger partial charge in [-0.1, -0.05) is 30.3 Å². The molecule has 1 unspecified atom stereocenters. The molecule has 0 radical (unpaired) electrons. The molecule has 0 amide bonds. The van der Waals surface area contributed by atoms with Gasteiger partial charge in [0.25, 0.3) is 0 Å². The minimum absolute atomic E-state index is 0.0251. The number of aromatic hydroxyl groups is 1. The predicted molar refractivity (Wildman–Crippen MR) is 73.4 cm³/mol. The van der Waals surface area contributed by atoms with Crippen LogP contribution in [-0.2, 0) is 17.6 Å². The number of fused-ring (bicyclic) bond motifs is 2. The molecule has 0 spiro atoms. The summed E-state index contributed by atoms with van der Waals surface area (Å²) in [7, 11) is 0. The molecule has 0 fully saturated rings. The zero-order valence-corrected chi connectivity index (χ0v) is 11.0. The second-order valence-corrected chi connectivity index (χ2v) is 5.31. The quantitative estimate of drug-likeness (QED) is 0.902. The Kier molecular flexibility index (Phi) is 3.18. The number of benzene rings is 2. The van der Waals surface area contributed by atoms with Crippen LogP contribution in [0.1, 0.15) is 34.6 Å². The Balaban J connectivity index is 2.09. The molecular weight excluding hydrogens is 252 g/mol. The molecule has 1 N–H and O–H groups in total. The molecule has 20 heavy (non-hydrogen) atoms. The fraction of sp³-hybridized carbons (Fsp3) is 0.235. The van der Waals surface area contributed by atoms with Crippen molar-refractivity contribution in [1.82, 2.24) is 0 Å². The number of hydrogen-bond donors (Lipinski definition) is 1. The minimum atomic E-state index is -1.02. The number of carboxylic acid groups (broad SMARTS) is 1. The van der Waals surface area contributed by atoms with Gasteiger partial charge in [-0.25, -0.2) is 0 Å². The average molecular weight is 267 g/mol. The molecule has 0 aliphatic heterocycles. The first-order valence-corrected chi connectivity index (χ1v) is 6.72. The summed E-state index contributed by atoms with van der Waals surface area (Å²) in [5.41, 5.74) is 4.37. The summed E-state index contributed by atoms with van der Waals surface area (Å²) in [5, 5.41) is 20.6. The number of carbonyl (C=O) groups excluding carboxylic acids is 1. The molecule has 102 valence electrons. The number of rotatable bonds is 2. The first-order chi connectivity index (χ1) is 9.63. The second kappa shape index (κ2) is 5.00. The van der Waals surface area contributed by atoms with Gasteiger partial charge in [0, 0.05) is 5.97 Å². The average Bonchev–Trinajstić information content (AvgIpc) is 2.55. The van der Waals surface area contributed by atoms with Crippen LogP contribution >= 0.6 is 0 Å². The largest absolute Gasteiger partial charge is 0.550 e. The van der Waals surface area contributed by atoms with E-state index < -0.39 is 5.97 Å². The SMILES string of the molecule is O=C([O-])CC1Cc2ccc(O)cc2Cc2ccccc21. The lowest BCUT2D eigenvalue weighted by Gasteiger charge is -2.18. The monoisotopic (exact) mass is 267 g/mol. The summed E-state index contributed by atoms with van der Waals surface area (Å²) < 4.78 is 0. The van der Waals surface area contributed by atoms with Crippen molar-refractivity contribution >= 4 is 5.97 Å². The Morgan fingerprint density at radius 3 is 2.75 bits per heavy atom. The van der Waals surface area contributed by atoms with Crippen molar-refractivity contribution in [2.45, 2.75) is 25.2 Å². The summed E-state index contributed by atoms with van der Waals surface area (Å²) in [6.07, 6.45) is 1.42. The number of carboxylic acids is 1. The summed E-state index contributed by atoms with van der Waals surface area (Å²) >= 11 is 0. The standard InChI is InChI=1S/C17H16O3/c18-15-6-5-11-7-14(10-17(19)20)16-4-2-1-3-12(16)8-13(11)9-15/h1-6,9,14,18H,7-8,10H2,(H,19,20)/p-1. The van der Waals surface area contributed by atoms with Crippen molar-refractivity contribution in [3.05, 3.63) is 64.7 Å². The van der Waals surface area contributed by atoms with Crippen molar-refractivity contribution in [1.29, 1.82) is 0 Å². The van der Waals surface area contributed by atoms with Crippen molar-refractivity contribution in [3.63, 3.8) is 0 Å². The number of phenols is 1. The van der Waals surface area contributed by atoms with Crippen LogP contribution in [0.4, 0.5) is 0 Å². The molecule has 3 heteroatoms. The van der Waals surface area contributed by atoms with Gasteiger partial charge >= 0.3 is 0 Å². The van der Waals surface area contributed by atoms with Gasteiger partial charge in [-0.2, -0.15) is 0 Å². The van der Waals surface area contributed by atoms with Gasteiger partial charge in [0.15, 0.2) is 0 Å². The minimum Gasteiger partial charge on any atom is -0.550 e. The van der Waals surface area contributed by atoms with Gasteiger partial charge in [0.2, 0.25) is 0 Å². The molecule has 0 aromatic heterocycles. The fourth-order valence-electron chi connectivity index (χ4n) is 3.03. The van der Waals surface area contributed by atoms with E-state index in [1.807, 2.05) is 30.3 Å².